The molecule has 1 atom stereocenters. The summed E-state index contributed by atoms with van der Waals surface area (Å²) in [6, 6.07) is 12.8. The molecule has 142 valence electrons. The minimum atomic E-state index is -0.800. The Morgan fingerprint density at radius 1 is 1.21 bits per heavy atom. The van der Waals surface area contributed by atoms with E-state index in [9.17, 15) is 19.1 Å². The van der Waals surface area contributed by atoms with Crippen LogP contribution in [0.3, 0.4) is 0 Å². The van der Waals surface area contributed by atoms with Gasteiger partial charge in [0.1, 0.15) is 5.82 Å². The first-order valence-electron chi connectivity index (χ1n) is 9.03. The molecule has 0 saturated heterocycles. The Hall–Kier alpha value is -3.41. The van der Waals surface area contributed by atoms with E-state index in [-0.39, 0.29) is 12.1 Å². The van der Waals surface area contributed by atoms with Gasteiger partial charge in [-0.2, -0.15) is 0 Å². The third-order valence-corrected chi connectivity index (χ3v) is 5.14. The summed E-state index contributed by atoms with van der Waals surface area (Å²) in [6.45, 7) is 1.58. The molecule has 2 N–H and O–H groups in total. The van der Waals surface area contributed by atoms with Crippen LogP contribution in [0.25, 0.3) is 10.9 Å². The number of fused-ring (bicyclic) bond motifs is 1. The van der Waals surface area contributed by atoms with Crippen LogP contribution in [0, 0.1) is 5.82 Å². The largest absolute Gasteiger partial charge is 0.503 e. The first-order chi connectivity index (χ1) is 13.5. The molecule has 2 heterocycles. The topological polar surface area (TPSA) is 73.4 Å². The average Bonchev–Trinajstić information content (AvgIpc) is 3.19. The van der Waals surface area contributed by atoms with Crippen molar-refractivity contribution >= 4 is 22.6 Å². The molecule has 0 unspecified atom stereocenters. The van der Waals surface area contributed by atoms with Gasteiger partial charge in [0.05, 0.1) is 11.6 Å². The molecule has 0 radical (unpaired) electrons. The van der Waals surface area contributed by atoms with Crippen LogP contribution < -0.4 is 0 Å². The Morgan fingerprint density at radius 2 is 2.00 bits per heavy atom. The van der Waals surface area contributed by atoms with E-state index < -0.39 is 29.3 Å². The van der Waals surface area contributed by atoms with Crippen molar-refractivity contribution < 1.29 is 19.1 Å². The second-order valence-electron chi connectivity index (χ2n) is 6.88. The summed E-state index contributed by atoms with van der Waals surface area (Å²) in [7, 11) is 0. The summed E-state index contributed by atoms with van der Waals surface area (Å²) >= 11 is 0. The van der Waals surface area contributed by atoms with Crippen LogP contribution >= 0.6 is 0 Å². The highest BCUT2D eigenvalue weighted by Crippen LogP contribution is 2.38. The molecular formula is C22H19FN2O3. The number of nitrogens with zero attached hydrogens (tertiary/aromatic N) is 1. The third-order valence-electron chi connectivity index (χ3n) is 5.14. The Kier molecular flexibility index (Phi) is 4.47. The van der Waals surface area contributed by atoms with Crippen LogP contribution in [-0.2, 0) is 16.0 Å². The predicted octanol–water partition coefficient (Wildman–Crippen LogP) is 3.83. The van der Waals surface area contributed by atoms with Crippen LogP contribution in [-0.4, -0.2) is 33.2 Å². The summed E-state index contributed by atoms with van der Waals surface area (Å²) in [4.78, 5) is 29.4. The highest BCUT2D eigenvalue weighted by molar-refractivity contribution is 6.08. The number of ketones is 1. The van der Waals surface area contributed by atoms with E-state index in [1.165, 1.54) is 30.0 Å². The number of aromatic amines is 1. The van der Waals surface area contributed by atoms with Gasteiger partial charge < -0.3 is 15.0 Å². The number of halogens is 1. The minimum absolute atomic E-state index is 0.00882. The quantitative estimate of drug-likeness (QED) is 0.709. The monoisotopic (exact) mass is 378 g/mol. The summed E-state index contributed by atoms with van der Waals surface area (Å²) in [5, 5.41) is 11.4. The lowest BCUT2D eigenvalue weighted by atomic mass is 9.96. The molecule has 6 heteroatoms. The number of amides is 1. The molecule has 1 aromatic heterocycles. The maximum Gasteiger partial charge on any atom is 0.290 e. The fourth-order valence-corrected chi connectivity index (χ4v) is 3.85. The molecule has 2 aromatic carbocycles. The number of aliphatic hydroxyl groups excluding tert-OH is 1. The number of H-pyrrole nitrogens is 1. The van der Waals surface area contributed by atoms with Crippen molar-refractivity contribution in [1.82, 2.24) is 9.88 Å². The minimum Gasteiger partial charge on any atom is -0.503 e. The lowest BCUT2D eigenvalue weighted by Gasteiger charge is -2.26. The number of hydrogen-bond acceptors (Lipinski definition) is 3. The van der Waals surface area contributed by atoms with Crippen LogP contribution in [0.1, 0.15) is 24.1 Å². The highest BCUT2D eigenvalue weighted by Gasteiger charge is 2.42. The molecule has 4 rings (SSSR count). The number of carbonyl (C=O) groups is 2. The van der Waals surface area contributed by atoms with Gasteiger partial charge in [0.2, 0.25) is 0 Å². The fourth-order valence-electron chi connectivity index (χ4n) is 3.85. The summed E-state index contributed by atoms with van der Waals surface area (Å²) < 4.78 is 13.8. The second kappa shape index (κ2) is 6.96. The number of carbonyl (C=O) groups excluding carboxylic acids is 2. The predicted molar refractivity (Wildman–Crippen MR) is 103 cm³/mol. The normalized spacial score (nSPS) is 17.0. The molecule has 0 saturated carbocycles. The van der Waals surface area contributed by atoms with Crippen LogP contribution in [0.5, 0.6) is 0 Å². The van der Waals surface area contributed by atoms with E-state index in [1.807, 2.05) is 30.5 Å². The Morgan fingerprint density at radius 3 is 2.75 bits per heavy atom. The highest BCUT2D eigenvalue weighted by atomic mass is 19.1. The second-order valence-corrected chi connectivity index (χ2v) is 6.88. The first kappa shape index (κ1) is 18.0. The number of hydrogen-bond donors (Lipinski definition) is 2. The first-order valence-corrected chi connectivity index (χ1v) is 9.03. The zero-order chi connectivity index (χ0) is 19.8. The smallest absolute Gasteiger partial charge is 0.290 e. The number of rotatable bonds is 5. The van der Waals surface area contributed by atoms with Crippen molar-refractivity contribution in [1.29, 1.82) is 0 Å². The fraction of sp³-hybridized carbons (Fsp3) is 0.182. The molecule has 1 amide bonds. The van der Waals surface area contributed by atoms with Gasteiger partial charge in [-0.05, 0) is 42.7 Å². The molecule has 0 bridgehead atoms. The van der Waals surface area contributed by atoms with Gasteiger partial charge in [0, 0.05) is 23.6 Å². The number of aliphatic hydroxyl groups is 1. The Bertz CT molecular complexity index is 1120. The Labute approximate surface area is 161 Å². The lowest BCUT2D eigenvalue weighted by Crippen LogP contribution is -2.33. The van der Waals surface area contributed by atoms with Gasteiger partial charge in [0.25, 0.3) is 5.91 Å². The maximum atomic E-state index is 13.8. The van der Waals surface area contributed by atoms with Gasteiger partial charge in [-0.1, -0.05) is 30.3 Å². The van der Waals surface area contributed by atoms with E-state index in [0.29, 0.717) is 12.0 Å². The maximum absolute atomic E-state index is 13.8. The van der Waals surface area contributed by atoms with Crippen molar-refractivity contribution in [2.75, 3.05) is 6.54 Å². The number of aromatic nitrogens is 1. The zero-order valence-corrected chi connectivity index (χ0v) is 15.3. The van der Waals surface area contributed by atoms with Crippen LogP contribution in [0.2, 0.25) is 0 Å². The zero-order valence-electron chi connectivity index (χ0n) is 15.3. The molecule has 28 heavy (non-hydrogen) atoms. The van der Waals surface area contributed by atoms with Gasteiger partial charge in [-0.3, -0.25) is 9.59 Å². The summed E-state index contributed by atoms with van der Waals surface area (Å²) in [5.41, 5.74) is 2.49. The molecule has 0 aliphatic carbocycles. The lowest BCUT2D eigenvalue weighted by molar-refractivity contribution is -0.129. The van der Waals surface area contributed by atoms with E-state index in [2.05, 4.69) is 4.98 Å². The van der Waals surface area contributed by atoms with E-state index >= 15 is 0 Å². The molecule has 1 aliphatic heterocycles. The Balaban J connectivity index is 1.68. The van der Waals surface area contributed by atoms with Crippen LogP contribution in [0.4, 0.5) is 4.39 Å². The van der Waals surface area contributed by atoms with Crippen molar-refractivity contribution in [2.45, 2.75) is 19.4 Å². The van der Waals surface area contributed by atoms with Crippen molar-refractivity contribution in [3.05, 3.63) is 83.0 Å². The standard InChI is InChI=1S/C22H19FN2O3/c1-13(26)19-20(14-5-4-6-16(23)11-14)25(22(28)21(19)27)10-9-15-12-24-18-8-3-2-7-17(15)18/h2-8,11-12,20,24,27H,9-10H2,1H3/t20-/m0/s1. The van der Waals surface area contributed by atoms with Crippen molar-refractivity contribution in [3.63, 3.8) is 0 Å². The van der Waals surface area contributed by atoms with E-state index in [4.69, 9.17) is 0 Å². The van der Waals surface area contributed by atoms with E-state index in [1.54, 1.807) is 6.07 Å². The molecular weight excluding hydrogens is 359 g/mol. The van der Waals surface area contributed by atoms with Crippen molar-refractivity contribution in [3.8, 4) is 0 Å². The van der Waals surface area contributed by atoms with E-state index in [0.717, 1.165) is 16.5 Å². The molecule has 0 spiro atoms. The van der Waals surface area contributed by atoms with Gasteiger partial charge in [0.15, 0.2) is 11.5 Å². The van der Waals surface area contributed by atoms with Gasteiger partial charge in [-0.15, -0.1) is 0 Å². The SMILES string of the molecule is CC(=O)C1=C(O)C(=O)N(CCc2c[nH]c3ccccc23)[C@H]1c1cccc(F)c1. The van der Waals surface area contributed by atoms with Gasteiger partial charge >= 0.3 is 0 Å². The molecule has 5 nitrogen and oxygen atoms in total. The molecule has 3 aromatic rings. The molecule has 0 fully saturated rings. The number of para-hydroxylation sites is 1. The number of benzene rings is 2. The molecule has 1 aliphatic rings. The van der Waals surface area contributed by atoms with Crippen molar-refractivity contribution in [2.24, 2.45) is 0 Å². The number of Topliss-reactive ketones (excluding diaryl/α,β-unsaturated/α-hetero) is 1. The van der Waals surface area contributed by atoms with Crippen LogP contribution in [0.15, 0.2) is 66.1 Å². The average molecular weight is 378 g/mol. The van der Waals surface area contributed by atoms with Gasteiger partial charge in [-0.25, -0.2) is 4.39 Å². The third kappa shape index (κ3) is 2.97. The summed E-state index contributed by atoms with van der Waals surface area (Å²) in [6.07, 6.45) is 2.42. The number of nitrogens with one attached hydrogen (secondary N) is 1. The summed E-state index contributed by atoms with van der Waals surface area (Å²) in [5.74, 6) is -2.04.